The minimum absolute atomic E-state index is 0.122. The van der Waals surface area contributed by atoms with Crippen LogP contribution in [0.25, 0.3) is 0 Å². The van der Waals surface area contributed by atoms with Gasteiger partial charge in [0, 0.05) is 34.3 Å². The molecule has 0 amide bonds. The highest BCUT2D eigenvalue weighted by atomic mass is 79.9. The van der Waals surface area contributed by atoms with E-state index in [1.807, 2.05) is 23.9 Å². The minimum atomic E-state index is 0.122. The fourth-order valence-electron chi connectivity index (χ4n) is 1.79. The van der Waals surface area contributed by atoms with Gasteiger partial charge in [-0.05, 0) is 28.1 Å². The lowest BCUT2D eigenvalue weighted by Gasteiger charge is -2.29. The SMILES string of the molecule is NNC(Cc1ccc(Br)cn1)C1CSCCO1. The molecule has 2 atom stereocenters. The lowest BCUT2D eigenvalue weighted by molar-refractivity contribution is 0.0469. The van der Waals surface area contributed by atoms with Crippen LogP contribution in [0.4, 0.5) is 0 Å². The summed E-state index contributed by atoms with van der Waals surface area (Å²) in [5, 5.41) is 0. The summed E-state index contributed by atoms with van der Waals surface area (Å²) < 4.78 is 6.72. The van der Waals surface area contributed by atoms with E-state index in [4.69, 9.17) is 10.6 Å². The summed E-state index contributed by atoms with van der Waals surface area (Å²) in [6, 6.07) is 4.12. The predicted molar refractivity (Wildman–Crippen MR) is 73.8 cm³/mol. The monoisotopic (exact) mass is 317 g/mol. The summed E-state index contributed by atoms with van der Waals surface area (Å²) in [5.41, 5.74) is 3.87. The number of rotatable bonds is 4. The average Bonchev–Trinajstić information content (AvgIpc) is 2.39. The van der Waals surface area contributed by atoms with Gasteiger partial charge in [0.25, 0.3) is 0 Å². The first-order chi connectivity index (χ1) is 8.29. The lowest BCUT2D eigenvalue weighted by atomic mass is 10.1. The molecule has 1 saturated heterocycles. The van der Waals surface area contributed by atoms with Crippen LogP contribution in [-0.2, 0) is 11.2 Å². The van der Waals surface area contributed by atoms with Crippen LogP contribution in [0.5, 0.6) is 0 Å². The van der Waals surface area contributed by atoms with Crippen LogP contribution >= 0.6 is 27.7 Å². The fourth-order valence-corrected chi connectivity index (χ4v) is 2.96. The average molecular weight is 318 g/mol. The molecule has 0 aromatic carbocycles. The summed E-state index contributed by atoms with van der Waals surface area (Å²) in [7, 11) is 0. The molecule has 2 unspecified atom stereocenters. The Morgan fingerprint density at radius 2 is 2.53 bits per heavy atom. The van der Waals surface area contributed by atoms with E-state index in [0.717, 1.165) is 34.7 Å². The first kappa shape index (κ1) is 13.3. The molecular weight excluding hydrogens is 302 g/mol. The van der Waals surface area contributed by atoms with Crippen LogP contribution < -0.4 is 11.3 Å². The number of pyridine rings is 1. The molecule has 1 fully saturated rings. The summed E-state index contributed by atoms with van der Waals surface area (Å²) in [5.74, 6) is 7.67. The third-order valence-electron chi connectivity index (χ3n) is 2.72. The number of halogens is 1. The van der Waals surface area contributed by atoms with Crippen molar-refractivity contribution >= 4 is 27.7 Å². The molecule has 1 aromatic rings. The maximum Gasteiger partial charge on any atom is 0.0835 e. The maximum absolute atomic E-state index is 5.73. The highest BCUT2D eigenvalue weighted by Crippen LogP contribution is 2.17. The molecule has 0 saturated carbocycles. The number of hydrogen-bond donors (Lipinski definition) is 2. The van der Waals surface area contributed by atoms with Crippen molar-refractivity contribution < 1.29 is 4.74 Å². The molecule has 3 N–H and O–H groups in total. The second-order valence-electron chi connectivity index (χ2n) is 3.93. The van der Waals surface area contributed by atoms with Gasteiger partial charge in [-0.1, -0.05) is 0 Å². The second kappa shape index (κ2) is 6.70. The van der Waals surface area contributed by atoms with E-state index in [2.05, 4.69) is 26.3 Å². The first-order valence-corrected chi connectivity index (χ1v) is 7.50. The molecule has 0 aliphatic carbocycles. The van der Waals surface area contributed by atoms with E-state index in [9.17, 15) is 0 Å². The van der Waals surface area contributed by atoms with Gasteiger partial charge in [0.05, 0.1) is 18.8 Å². The highest BCUT2D eigenvalue weighted by molar-refractivity contribution is 9.10. The number of hydrazine groups is 1. The number of nitrogens with two attached hydrogens (primary N) is 1. The third kappa shape index (κ3) is 3.93. The molecule has 1 aromatic heterocycles. The van der Waals surface area contributed by atoms with Crippen molar-refractivity contribution in [2.45, 2.75) is 18.6 Å². The Bertz CT molecular complexity index is 343. The molecule has 1 aliphatic rings. The van der Waals surface area contributed by atoms with Gasteiger partial charge < -0.3 is 4.74 Å². The summed E-state index contributed by atoms with van der Waals surface area (Å²) in [4.78, 5) is 4.36. The molecule has 0 radical (unpaired) electrons. The molecule has 0 bridgehead atoms. The molecule has 2 heterocycles. The van der Waals surface area contributed by atoms with Gasteiger partial charge in [-0.15, -0.1) is 0 Å². The van der Waals surface area contributed by atoms with Crippen molar-refractivity contribution in [3.63, 3.8) is 0 Å². The van der Waals surface area contributed by atoms with Crippen LogP contribution in [0, 0.1) is 0 Å². The smallest absolute Gasteiger partial charge is 0.0835 e. The summed E-state index contributed by atoms with van der Waals surface area (Å²) in [6.45, 7) is 0.807. The zero-order valence-electron chi connectivity index (χ0n) is 9.43. The van der Waals surface area contributed by atoms with E-state index in [1.54, 1.807) is 6.20 Å². The van der Waals surface area contributed by atoms with Gasteiger partial charge in [0.2, 0.25) is 0 Å². The Kier molecular flexibility index (Phi) is 5.24. The molecule has 1 aliphatic heterocycles. The Balaban J connectivity index is 1.96. The van der Waals surface area contributed by atoms with Crippen molar-refractivity contribution in [3.8, 4) is 0 Å². The zero-order valence-corrected chi connectivity index (χ0v) is 11.8. The van der Waals surface area contributed by atoms with E-state index in [1.165, 1.54) is 0 Å². The van der Waals surface area contributed by atoms with Crippen LogP contribution in [0.3, 0.4) is 0 Å². The molecule has 6 heteroatoms. The summed E-state index contributed by atoms with van der Waals surface area (Å²) >= 11 is 5.29. The Hall–Kier alpha value is -0.140. The predicted octanol–water partition coefficient (Wildman–Crippen LogP) is 1.35. The van der Waals surface area contributed by atoms with Crippen LogP contribution in [0.15, 0.2) is 22.8 Å². The quantitative estimate of drug-likeness (QED) is 0.648. The van der Waals surface area contributed by atoms with Crippen molar-refractivity contribution in [1.29, 1.82) is 0 Å². The number of aromatic nitrogens is 1. The fraction of sp³-hybridized carbons (Fsp3) is 0.545. The van der Waals surface area contributed by atoms with Crippen LogP contribution in [0.2, 0.25) is 0 Å². The Labute approximate surface area is 114 Å². The molecular formula is C11H16BrN3OS. The lowest BCUT2D eigenvalue weighted by Crippen LogP contribution is -2.49. The largest absolute Gasteiger partial charge is 0.375 e. The van der Waals surface area contributed by atoms with Crippen LogP contribution in [-0.4, -0.2) is 35.2 Å². The second-order valence-corrected chi connectivity index (χ2v) is 5.99. The van der Waals surface area contributed by atoms with E-state index in [-0.39, 0.29) is 12.1 Å². The van der Waals surface area contributed by atoms with Crippen molar-refractivity contribution in [2.75, 3.05) is 18.1 Å². The number of thioether (sulfide) groups is 1. The highest BCUT2D eigenvalue weighted by Gasteiger charge is 2.24. The minimum Gasteiger partial charge on any atom is -0.375 e. The van der Waals surface area contributed by atoms with Gasteiger partial charge in [-0.2, -0.15) is 11.8 Å². The Morgan fingerprint density at radius 3 is 3.12 bits per heavy atom. The molecule has 0 spiro atoms. The number of ether oxygens (including phenoxy) is 1. The topological polar surface area (TPSA) is 60.2 Å². The van der Waals surface area contributed by atoms with Gasteiger partial charge >= 0.3 is 0 Å². The van der Waals surface area contributed by atoms with Crippen LogP contribution in [0.1, 0.15) is 5.69 Å². The van der Waals surface area contributed by atoms with Gasteiger partial charge in [0.1, 0.15) is 0 Å². The first-order valence-electron chi connectivity index (χ1n) is 5.55. The Morgan fingerprint density at radius 1 is 1.65 bits per heavy atom. The third-order valence-corrected chi connectivity index (χ3v) is 4.21. The van der Waals surface area contributed by atoms with Gasteiger partial charge in [0.15, 0.2) is 0 Å². The zero-order chi connectivity index (χ0) is 12.1. The van der Waals surface area contributed by atoms with Crippen molar-refractivity contribution in [1.82, 2.24) is 10.4 Å². The number of nitrogens with one attached hydrogen (secondary N) is 1. The molecule has 4 nitrogen and oxygen atoms in total. The number of hydrogen-bond acceptors (Lipinski definition) is 5. The van der Waals surface area contributed by atoms with E-state index < -0.39 is 0 Å². The van der Waals surface area contributed by atoms with Crippen molar-refractivity contribution in [2.24, 2.45) is 5.84 Å². The van der Waals surface area contributed by atoms with E-state index >= 15 is 0 Å². The standard InChI is InChI=1S/C11H16BrN3OS/c12-8-1-2-9(14-6-8)5-10(15-13)11-7-17-4-3-16-11/h1-2,6,10-11,15H,3-5,7,13H2. The van der Waals surface area contributed by atoms with Gasteiger partial charge in [-0.3, -0.25) is 16.3 Å². The summed E-state index contributed by atoms with van der Waals surface area (Å²) in [6.07, 6.45) is 2.76. The van der Waals surface area contributed by atoms with E-state index in [0.29, 0.717) is 0 Å². The normalized spacial score (nSPS) is 22.4. The maximum atomic E-state index is 5.73. The number of nitrogens with zero attached hydrogens (tertiary/aromatic N) is 1. The van der Waals surface area contributed by atoms with Crippen molar-refractivity contribution in [3.05, 3.63) is 28.5 Å². The van der Waals surface area contributed by atoms with Gasteiger partial charge in [-0.25, -0.2) is 0 Å². The molecule has 17 heavy (non-hydrogen) atoms. The molecule has 94 valence electrons. The molecule has 2 rings (SSSR count).